The molecule has 0 heterocycles. The topological polar surface area (TPSA) is 61.4 Å². The molecular formula is C26H32Cl2FN3O2. The van der Waals surface area contributed by atoms with Gasteiger partial charge in [0.05, 0.1) is 5.02 Å². The number of nitrogens with one attached hydrogen (secondary N) is 2. The van der Waals surface area contributed by atoms with Gasteiger partial charge in [-0.1, -0.05) is 41.4 Å². The third-order valence-electron chi connectivity index (χ3n) is 6.71. The highest BCUT2D eigenvalue weighted by molar-refractivity contribution is 6.31. The molecule has 0 aromatic heterocycles. The summed E-state index contributed by atoms with van der Waals surface area (Å²) in [6, 6.07) is 12.4. The molecule has 0 saturated heterocycles. The van der Waals surface area contributed by atoms with Gasteiger partial charge in [0.2, 0.25) is 11.8 Å². The fraction of sp³-hybridized carbons (Fsp3) is 0.462. The van der Waals surface area contributed by atoms with Crippen molar-refractivity contribution in [1.29, 1.82) is 0 Å². The van der Waals surface area contributed by atoms with Gasteiger partial charge in [-0.15, -0.1) is 0 Å². The van der Waals surface area contributed by atoms with Gasteiger partial charge in [0, 0.05) is 36.0 Å². The van der Waals surface area contributed by atoms with E-state index in [2.05, 4.69) is 35.7 Å². The molecule has 1 saturated carbocycles. The summed E-state index contributed by atoms with van der Waals surface area (Å²) in [5.41, 5.74) is 1.96. The van der Waals surface area contributed by atoms with Crippen LogP contribution in [0.1, 0.15) is 49.7 Å². The van der Waals surface area contributed by atoms with Gasteiger partial charge in [0.15, 0.2) is 0 Å². The van der Waals surface area contributed by atoms with Crippen molar-refractivity contribution >= 4 is 35.0 Å². The second-order valence-electron chi connectivity index (χ2n) is 9.29. The van der Waals surface area contributed by atoms with Gasteiger partial charge in [-0.3, -0.25) is 9.59 Å². The van der Waals surface area contributed by atoms with Gasteiger partial charge in [0.1, 0.15) is 5.82 Å². The molecule has 0 unspecified atom stereocenters. The molecule has 184 valence electrons. The van der Waals surface area contributed by atoms with Crippen LogP contribution in [0, 0.1) is 5.82 Å². The third kappa shape index (κ3) is 7.42. The van der Waals surface area contributed by atoms with Gasteiger partial charge in [-0.2, -0.15) is 0 Å². The van der Waals surface area contributed by atoms with E-state index in [4.69, 9.17) is 23.2 Å². The van der Waals surface area contributed by atoms with E-state index in [1.807, 2.05) is 18.2 Å². The van der Waals surface area contributed by atoms with E-state index < -0.39 is 5.82 Å². The van der Waals surface area contributed by atoms with Gasteiger partial charge in [0.25, 0.3) is 0 Å². The minimum atomic E-state index is -0.497. The van der Waals surface area contributed by atoms with Crippen molar-refractivity contribution in [3.8, 4) is 0 Å². The number of carbonyl (C=O) groups is 2. The van der Waals surface area contributed by atoms with E-state index in [0.717, 1.165) is 37.1 Å². The predicted molar refractivity (Wildman–Crippen MR) is 134 cm³/mol. The van der Waals surface area contributed by atoms with Crippen LogP contribution in [0.15, 0.2) is 42.5 Å². The number of benzene rings is 2. The van der Waals surface area contributed by atoms with Crippen LogP contribution in [0.2, 0.25) is 10.0 Å². The molecule has 0 aliphatic heterocycles. The van der Waals surface area contributed by atoms with E-state index in [9.17, 15) is 14.0 Å². The average molecular weight is 508 g/mol. The SMILES string of the molecule is CN(C)C1(Cc2cccc(Cl)c2)CCC(NC(=O)CCC(=O)NCc2ccc(F)c(Cl)c2)CC1. The molecule has 2 aromatic carbocycles. The lowest BCUT2D eigenvalue weighted by Crippen LogP contribution is -2.52. The Labute approximate surface area is 211 Å². The summed E-state index contributed by atoms with van der Waals surface area (Å²) in [6.45, 7) is 0.238. The summed E-state index contributed by atoms with van der Waals surface area (Å²) in [5.74, 6) is -0.840. The van der Waals surface area contributed by atoms with Crippen molar-refractivity contribution < 1.29 is 14.0 Å². The van der Waals surface area contributed by atoms with Crippen LogP contribution in [-0.2, 0) is 22.6 Å². The summed E-state index contributed by atoms with van der Waals surface area (Å²) < 4.78 is 13.2. The highest BCUT2D eigenvalue weighted by atomic mass is 35.5. The van der Waals surface area contributed by atoms with Gasteiger partial charge in [-0.05, 0) is 81.6 Å². The molecule has 2 aromatic rings. The fourth-order valence-corrected chi connectivity index (χ4v) is 4.99. The second-order valence-corrected chi connectivity index (χ2v) is 10.1. The first-order chi connectivity index (χ1) is 16.2. The highest BCUT2D eigenvalue weighted by Crippen LogP contribution is 2.36. The molecule has 2 N–H and O–H groups in total. The monoisotopic (exact) mass is 507 g/mol. The quantitative estimate of drug-likeness (QED) is 0.494. The van der Waals surface area contributed by atoms with Crippen molar-refractivity contribution in [1.82, 2.24) is 15.5 Å². The first-order valence-corrected chi connectivity index (χ1v) is 12.3. The summed E-state index contributed by atoms with van der Waals surface area (Å²) >= 11 is 11.9. The molecule has 8 heteroatoms. The zero-order chi connectivity index (χ0) is 24.7. The van der Waals surface area contributed by atoms with Gasteiger partial charge in [-0.25, -0.2) is 4.39 Å². The van der Waals surface area contributed by atoms with Crippen LogP contribution in [-0.4, -0.2) is 42.4 Å². The Bertz CT molecular complexity index is 1010. The zero-order valence-electron chi connectivity index (χ0n) is 19.7. The molecule has 1 aliphatic carbocycles. The predicted octanol–water partition coefficient (Wildman–Crippen LogP) is 5.13. The van der Waals surface area contributed by atoms with Crippen LogP contribution in [0.5, 0.6) is 0 Å². The molecular weight excluding hydrogens is 476 g/mol. The molecule has 5 nitrogen and oxygen atoms in total. The molecule has 34 heavy (non-hydrogen) atoms. The summed E-state index contributed by atoms with van der Waals surface area (Å²) in [5, 5.41) is 6.60. The van der Waals surface area contributed by atoms with Crippen molar-refractivity contribution in [2.45, 2.75) is 63.1 Å². The smallest absolute Gasteiger partial charge is 0.220 e. The van der Waals surface area contributed by atoms with Crippen LogP contribution in [0.4, 0.5) is 4.39 Å². The van der Waals surface area contributed by atoms with Crippen LogP contribution in [0.25, 0.3) is 0 Å². The number of likely N-dealkylation sites (N-methyl/N-ethyl adjacent to an activating group) is 1. The zero-order valence-corrected chi connectivity index (χ0v) is 21.2. The molecule has 0 atom stereocenters. The normalized spacial score (nSPS) is 20.2. The Morgan fingerprint density at radius 3 is 2.38 bits per heavy atom. The molecule has 0 bridgehead atoms. The standard InChI is InChI=1S/C26H32Cl2FN3O2/c1-32(2)26(16-18-4-3-5-20(27)14-18)12-10-21(11-13-26)31-25(34)9-8-24(33)30-17-19-6-7-23(29)22(28)15-19/h3-7,14-15,21H,8-13,16-17H2,1-2H3,(H,30,33)(H,31,34). The average Bonchev–Trinajstić information content (AvgIpc) is 2.80. The van der Waals surface area contributed by atoms with Gasteiger partial charge >= 0.3 is 0 Å². The summed E-state index contributed by atoms with van der Waals surface area (Å²) in [6.07, 6.45) is 4.87. The maximum Gasteiger partial charge on any atom is 0.220 e. The maximum absolute atomic E-state index is 13.2. The largest absolute Gasteiger partial charge is 0.353 e. The molecule has 3 rings (SSSR count). The van der Waals surface area contributed by atoms with Gasteiger partial charge < -0.3 is 15.5 Å². The number of nitrogens with zero attached hydrogens (tertiary/aromatic N) is 1. The van der Waals surface area contributed by atoms with E-state index in [1.165, 1.54) is 17.7 Å². The molecule has 0 radical (unpaired) electrons. The van der Waals surface area contributed by atoms with Crippen LogP contribution in [0.3, 0.4) is 0 Å². The number of hydrogen-bond donors (Lipinski definition) is 2. The summed E-state index contributed by atoms with van der Waals surface area (Å²) in [4.78, 5) is 26.8. The van der Waals surface area contributed by atoms with E-state index in [1.54, 1.807) is 6.07 Å². The Morgan fingerprint density at radius 2 is 1.74 bits per heavy atom. The third-order valence-corrected chi connectivity index (χ3v) is 7.23. The lowest BCUT2D eigenvalue weighted by Gasteiger charge is -2.45. The van der Waals surface area contributed by atoms with Crippen LogP contribution < -0.4 is 10.6 Å². The molecule has 1 fully saturated rings. The highest BCUT2D eigenvalue weighted by Gasteiger charge is 2.37. The minimum absolute atomic E-state index is 0.0180. The van der Waals surface area contributed by atoms with Crippen molar-refractivity contribution in [3.63, 3.8) is 0 Å². The number of carbonyl (C=O) groups excluding carboxylic acids is 2. The Kier molecular flexibility index (Phi) is 9.34. The maximum atomic E-state index is 13.2. The van der Waals surface area contributed by atoms with Crippen molar-refractivity contribution in [2.75, 3.05) is 14.1 Å². The molecule has 0 spiro atoms. The number of rotatable bonds is 9. The van der Waals surface area contributed by atoms with Crippen LogP contribution >= 0.6 is 23.2 Å². The molecule has 1 aliphatic rings. The first-order valence-electron chi connectivity index (χ1n) is 11.6. The van der Waals surface area contributed by atoms with E-state index in [-0.39, 0.29) is 47.8 Å². The minimum Gasteiger partial charge on any atom is -0.353 e. The fourth-order valence-electron chi connectivity index (χ4n) is 4.57. The van der Waals surface area contributed by atoms with E-state index >= 15 is 0 Å². The van der Waals surface area contributed by atoms with Crippen molar-refractivity contribution in [2.24, 2.45) is 0 Å². The first kappa shape index (κ1) is 26.5. The Balaban J connectivity index is 1.41. The number of amides is 2. The molecule has 2 amide bonds. The Hall–Kier alpha value is -2.15. The Morgan fingerprint density at radius 1 is 1.03 bits per heavy atom. The van der Waals surface area contributed by atoms with Crippen molar-refractivity contribution in [3.05, 3.63) is 69.5 Å². The lowest BCUT2D eigenvalue weighted by atomic mass is 9.75. The second kappa shape index (κ2) is 12.0. The lowest BCUT2D eigenvalue weighted by molar-refractivity contribution is -0.127. The number of halogens is 3. The van der Waals surface area contributed by atoms with E-state index in [0.29, 0.717) is 5.56 Å². The number of hydrogen-bond acceptors (Lipinski definition) is 3. The summed E-state index contributed by atoms with van der Waals surface area (Å²) in [7, 11) is 4.23.